The smallest absolute Gasteiger partial charge is 0.0583 e. The lowest BCUT2D eigenvalue weighted by atomic mass is 9.93. The molecule has 1 aromatic carbocycles. The van der Waals surface area contributed by atoms with E-state index in [2.05, 4.69) is 6.92 Å². The summed E-state index contributed by atoms with van der Waals surface area (Å²) in [5, 5.41) is 10.2. The van der Waals surface area contributed by atoms with Gasteiger partial charge in [0.2, 0.25) is 0 Å². The third-order valence-corrected chi connectivity index (χ3v) is 3.86. The summed E-state index contributed by atoms with van der Waals surface area (Å²) in [6.07, 6.45) is 4.81. The second-order valence-electron chi connectivity index (χ2n) is 5.26. The predicted molar refractivity (Wildman–Crippen MR) is 73.9 cm³/mol. The molecule has 3 unspecified atom stereocenters. The van der Waals surface area contributed by atoms with Crippen LogP contribution in [0.15, 0.2) is 24.3 Å². The van der Waals surface area contributed by atoms with Crippen LogP contribution in [0.4, 0.5) is 0 Å². The van der Waals surface area contributed by atoms with E-state index in [0.29, 0.717) is 12.2 Å². The van der Waals surface area contributed by atoms with Crippen LogP contribution in [0.25, 0.3) is 0 Å². The molecule has 0 aliphatic carbocycles. The van der Waals surface area contributed by atoms with Gasteiger partial charge in [0.05, 0.1) is 12.2 Å². The highest BCUT2D eigenvalue weighted by Gasteiger charge is 2.24. The van der Waals surface area contributed by atoms with Crippen molar-refractivity contribution in [1.82, 2.24) is 0 Å². The summed E-state index contributed by atoms with van der Waals surface area (Å²) in [7, 11) is 0. The number of hydrogen-bond donors (Lipinski definition) is 1. The summed E-state index contributed by atoms with van der Waals surface area (Å²) in [6.45, 7) is 2.34. The average molecular weight is 269 g/mol. The minimum atomic E-state index is 0.219. The summed E-state index contributed by atoms with van der Waals surface area (Å²) in [4.78, 5) is 0. The van der Waals surface area contributed by atoms with Gasteiger partial charge >= 0.3 is 0 Å². The number of hydrogen-bond acceptors (Lipinski definition) is 2. The fourth-order valence-electron chi connectivity index (χ4n) is 2.61. The van der Waals surface area contributed by atoms with E-state index >= 15 is 0 Å². The molecule has 1 fully saturated rings. The Labute approximate surface area is 114 Å². The van der Waals surface area contributed by atoms with Crippen LogP contribution >= 0.6 is 11.6 Å². The molecular weight excluding hydrogens is 248 g/mol. The van der Waals surface area contributed by atoms with Crippen molar-refractivity contribution in [3.8, 4) is 0 Å². The van der Waals surface area contributed by atoms with E-state index in [1.54, 1.807) is 0 Å². The first-order chi connectivity index (χ1) is 8.67. The van der Waals surface area contributed by atoms with E-state index in [0.717, 1.165) is 30.7 Å². The van der Waals surface area contributed by atoms with Crippen molar-refractivity contribution >= 4 is 11.6 Å². The first-order valence-corrected chi connectivity index (χ1v) is 7.06. The fraction of sp³-hybridized carbons (Fsp3) is 0.600. The molecule has 3 heteroatoms. The lowest BCUT2D eigenvalue weighted by molar-refractivity contribution is 0.0338. The Morgan fingerprint density at radius 2 is 2.06 bits per heavy atom. The highest BCUT2D eigenvalue weighted by atomic mass is 35.5. The first kappa shape index (κ1) is 13.9. The van der Waals surface area contributed by atoms with Gasteiger partial charge in [-0.15, -0.1) is 0 Å². The maximum atomic E-state index is 9.49. The van der Waals surface area contributed by atoms with Gasteiger partial charge in [-0.05, 0) is 56.2 Å². The van der Waals surface area contributed by atoms with Crippen LogP contribution < -0.4 is 0 Å². The van der Waals surface area contributed by atoms with Crippen molar-refractivity contribution in [3.63, 3.8) is 0 Å². The molecule has 0 radical (unpaired) electrons. The van der Waals surface area contributed by atoms with Gasteiger partial charge in [-0.3, -0.25) is 0 Å². The van der Waals surface area contributed by atoms with Crippen LogP contribution in [0.5, 0.6) is 0 Å². The molecule has 3 atom stereocenters. The van der Waals surface area contributed by atoms with Crippen molar-refractivity contribution in [2.45, 2.75) is 44.8 Å². The van der Waals surface area contributed by atoms with Crippen molar-refractivity contribution in [2.24, 2.45) is 5.92 Å². The second-order valence-corrected chi connectivity index (χ2v) is 5.70. The third-order valence-electron chi connectivity index (χ3n) is 3.61. The van der Waals surface area contributed by atoms with E-state index < -0.39 is 0 Å². The Morgan fingerprint density at radius 1 is 1.33 bits per heavy atom. The largest absolute Gasteiger partial charge is 0.396 e. The van der Waals surface area contributed by atoms with Gasteiger partial charge in [0, 0.05) is 11.6 Å². The highest BCUT2D eigenvalue weighted by Crippen LogP contribution is 2.26. The number of benzene rings is 1. The molecule has 18 heavy (non-hydrogen) atoms. The topological polar surface area (TPSA) is 29.5 Å². The van der Waals surface area contributed by atoms with Gasteiger partial charge in [0.25, 0.3) is 0 Å². The predicted octanol–water partition coefficient (Wildman–Crippen LogP) is 3.45. The van der Waals surface area contributed by atoms with Crippen molar-refractivity contribution in [3.05, 3.63) is 34.9 Å². The molecule has 0 spiro atoms. The molecule has 0 aromatic heterocycles. The van der Waals surface area contributed by atoms with Gasteiger partial charge < -0.3 is 9.84 Å². The molecule has 2 nitrogen and oxygen atoms in total. The van der Waals surface area contributed by atoms with Crippen LogP contribution in [-0.2, 0) is 11.2 Å². The summed E-state index contributed by atoms with van der Waals surface area (Å²) in [6, 6.07) is 7.87. The van der Waals surface area contributed by atoms with Crippen molar-refractivity contribution in [2.75, 3.05) is 6.61 Å². The molecule has 1 heterocycles. The standard InChI is InChI=1S/C15H21ClO2/c1-11-2-7-15(18-11)9-13(10-17)8-12-3-5-14(16)6-4-12/h3-6,11,13,15,17H,2,7-10H2,1H3. The maximum absolute atomic E-state index is 9.49. The van der Waals surface area contributed by atoms with E-state index in [9.17, 15) is 5.11 Å². The molecule has 0 saturated carbocycles. The Hall–Kier alpha value is -0.570. The number of aliphatic hydroxyl groups excluding tert-OH is 1. The molecular formula is C15H21ClO2. The number of ether oxygens (including phenoxy) is 1. The second kappa shape index (κ2) is 6.55. The SMILES string of the molecule is CC1CCC(CC(CO)Cc2ccc(Cl)cc2)O1. The van der Waals surface area contributed by atoms with Gasteiger partial charge in [-0.25, -0.2) is 0 Å². The van der Waals surface area contributed by atoms with Crippen LogP contribution in [0.1, 0.15) is 31.7 Å². The number of halogens is 1. The zero-order valence-electron chi connectivity index (χ0n) is 10.8. The van der Waals surface area contributed by atoms with Gasteiger partial charge in [-0.2, -0.15) is 0 Å². The van der Waals surface area contributed by atoms with Crippen LogP contribution in [-0.4, -0.2) is 23.9 Å². The highest BCUT2D eigenvalue weighted by molar-refractivity contribution is 6.30. The summed E-state index contributed by atoms with van der Waals surface area (Å²) in [5.74, 6) is 0.279. The van der Waals surface area contributed by atoms with E-state index in [1.807, 2.05) is 24.3 Å². The van der Waals surface area contributed by atoms with E-state index in [-0.39, 0.29) is 12.5 Å². The Bertz CT molecular complexity index is 363. The summed E-state index contributed by atoms with van der Waals surface area (Å²) in [5.41, 5.74) is 1.23. The van der Waals surface area contributed by atoms with Crippen LogP contribution in [0, 0.1) is 5.92 Å². The first-order valence-electron chi connectivity index (χ1n) is 6.68. The maximum Gasteiger partial charge on any atom is 0.0583 e. The summed E-state index contributed by atoms with van der Waals surface area (Å²) >= 11 is 5.87. The minimum absolute atomic E-state index is 0.219. The Morgan fingerprint density at radius 3 is 2.61 bits per heavy atom. The molecule has 1 aliphatic rings. The number of rotatable bonds is 5. The van der Waals surface area contributed by atoms with Crippen molar-refractivity contribution in [1.29, 1.82) is 0 Å². The molecule has 1 N–H and O–H groups in total. The Balaban J connectivity index is 1.87. The van der Waals surface area contributed by atoms with E-state index in [4.69, 9.17) is 16.3 Å². The fourth-order valence-corrected chi connectivity index (χ4v) is 2.73. The van der Waals surface area contributed by atoms with Crippen molar-refractivity contribution < 1.29 is 9.84 Å². The lowest BCUT2D eigenvalue weighted by Gasteiger charge is -2.19. The molecule has 0 bridgehead atoms. The average Bonchev–Trinajstić information content (AvgIpc) is 2.77. The molecule has 1 saturated heterocycles. The number of aliphatic hydroxyl groups is 1. The zero-order chi connectivity index (χ0) is 13.0. The Kier molecular flexibility index (Phi) is 5.04. The summed E-state index contributed by atoms with van der Waals surface area (Å²) < 4.78 is 5.82. The van der Waals surface area contributed by atoms with Crippen LogP contribution in [0.2, 0.25) is 5.02 Å². The zero-order valence-corrected chi connectivity index (χ0v) is 11.6. The molecule has 1 aliphatic heterocycles. The quantitative estimate of drug-likeness (QED) is 0.886. The van der Waals surface area contributed by atoms with E-state index in [1.165, 1.54) is 5.56 Å². The molecule has 2 rings (SSSR count). The normalized spacial score (nSPS) is 25.3. The molecule has 1 aromatic rings. The van der Waals surface area contributed by atoms with Crippen LogP contribution in [0.3, 0.4) is 0 Å². The lowest BCUT2D eigenvalue weighted by Crippen LogP contribution is -2.19. The van der Waals surface area contributed by atoms with Gasteiger partial charge in [-0.1, -0.05) is 23.7 Å². The molecule has 100 valence electrons. The third kappa shape index (κ3) is 3.98. The minimum Gasteiger partial charge on any atom is -0.396 e. The van der Waals surface area contributed by atoms with Gasteiger partial charge in [0.1, 0.15) is 0 Å². The molecule has 0 amide bonds. The van der Waals surface area contributed by atoms with Gasteiger partial charge in [0.15, 0.2) is 0 Å². The monoisotopic (exact) mass is 268 g/mol.